The van der Waals surface area contributed by atoms with Crippen molar-refractivity contribution in [1.82, 2.24) is 30.7 Å². The topological polar surface area (TPSA) is 96.2 Å². The first-order valence-corrected chi connectivity index (χ1v) is 8.92. The van der Waals surface area contributed by atoms with Gasteiger partial charge in [0, 0.05) is 31.0 Å². The number of aromatic nitrogens is 3. The molecule has 2 aromatic heterocycles. The molecule has 0 saturated heterocycles. The van der Waals surface area contributed by atoms with E-state index in [1.165, 1.54) is 0 Å². The summed E-state index contributed by atoms with van der Waals surface area (Å²) in [7, 11) is 1.67. The lowest BCUT2D eigenvalue weighted by Gasteiger charge is -2.21. The molecule has 8 heteroatoms. The van der Waals surface area contributed by atoms with E-state index >= 15 is 0 Å². The van der Waals surface area contributed by atoms with Gasteiger partial charge in [0.2, 0.25) is 5.91 Å². The van der Waals surface area contributed by atoms with Crippen molar-refractivity contribution in [2.75, 3.05) is 13.6 Å². The molecule has 0 bridgehead atoms. The van der Waals surface area contributed by atoms with Crippen LogP contribution in [0.4, 0.5) is 0 Å². The zero-order chi connectivity index (χ0) is 20.0. The van der Waals surface area contributed by atoms with Crippen molar-refractivity contribution in [3.63, 3.8) is 0 Å². The second-order valence-corrected chi connectivity index (χ2v) is 7.44. The second-order valence-electron chi connectivity index (χ2n) is 7.44. The fourth-order valence-electron chi connectivity index (χ4n) is 2.54. The lowest BCUT2D eigenvalue weighted by Crippen LogP contribution is -2.48. The molecule has 146 valence electrons. The summed E-state index contributed by atoms with van der Waals surface area (Å²) in [5, 5.41) is 13.5. The van der Waals surface area contributed by atoms with Crippen LogP contribution in [0.1, 0.15) is 37.7 Å². The molecule has 0 saturated carbocycles. The molecular weight excluding hydrogens is 342 g/mol. The Morgan fingerprint density at radius 1 is 1.22 bits per heavy atom. The van der Waals surface area contributed by atoms with E-state index in [1.54, 1.807) is 13.2 Å². The average molecular weight is 371 g/mol. The van der Waals surface area contributed by atoms with Crippen molar-refractivity contribution in [1.29, 1.82) is 0 Å². The molecule has 1 amide bonds. The van der Waals surface area contributed by atoms with Crippen LogP contribution in [-0.4, -0.2) is 45.8 Å². The van der Waals surface area contributed by atoms with E-state index in [9.17, 15) is 4.79 Å². The third-order valence-corrected chi connectivity index (χ3v) is 3.65. The number of nitrogens with zero attached hydrogens (tertiary/aromatic N) is 4. The van der Waals surface area contributed by atoms with Crippen LogP contribution in [-0.2, 0) is 11.3 Å². The van der Waals surface area contributed by atoms with Gasteiger partial charge in [-0.2, -0.15) is 5.10 Å². The van der Waals surface area contributed by atoms with E-state index in [1.807, 2.05) is 57.5 Å². The van der Waals surface area contributed by atoms with Gasteiger partial charge in [-0.25, -0.2) is 9.67 Å². The summed E-state index contributed by atoms with van der Waals surface area (Å²) in [4.78, 5) is 20.5. The van der Waals surface area contributed by atoms with Crippen LogP contribution in [0.15, 0.2) is 29.4 Å². The molecule has 0 aliphatic heterocycles. The van der Waals surface area contributed by atoms with E-state index in [0.29, 0.717) is 12.5 Å². The minimum absolute atomic E-state index is 0.0821. The van der Waals surface area contributed by atoms with Gasteiger partial charge in [0.05, 0.1) is 12.2 Å². The van der Waals surface area contributed by atoms with Crippen molar-refractivity contribution in [2.45, 2.75) is 46.7 Å². The van der Waals surface area contributed by atoms with Gasteiger partial charge in [-0.05, 0) is 52.3 Å². The Morgan fingerprint density at radius 2 is 1.96 bits per heavy atom. The van der Waals surface area contributed by atoms with E-state index < -0.39 is 0 Å². The summed E-state index contributed by atoms with van der Waals surface area (Å²) in [6.45, 7) is 10.5. The minimum atomic E-state index is -0.255. The summed E-state index contributed by atoms with van der Waals surface area (Å²) in [6, 6.07) is 5.94. The lowest BCUT2D eigenvalue weighted by molar-refractivity contribution is -0.121. The second kappa shape index (κ2) is 8.66. The molecule has 8 nitrogen and oxygen atoms in total. The van der Waals surface area contributed by atoms with Gasteiger partial charge in [-0.3, -0.25) is 9.79 Å². The van der Waals surface area contributed by atoms with Crippen LogP contribution >= 0.6 is 0 Å². The molecule has 3 N–H and O–H groups in total. The van der Waals surface area contributed by atoms with Crippen LogP contribution in [0.5, 0.6) is 0 Å². The number of carbonyl (C=O) groups is 1. The maximum Gasteiger partial charge on any atom is 0.239 e. The van der Waals surface area contributed by atoms with E-state index in [2.05, 4.69) is 31.0 Å². The third-order valence-electron chi connectivity index (χ3n) is 3.65. The first kappa shape index (κ1) is 20.4. The van der Waals surface area contributed by atoms with Crippen molar-refractivity contribution >= 4 is 11.9 Å². The van der Waals surface area contributed by atoms with Crippen molar-refractivity contribution in [2.24, 2.45) is 4.99 Å². The Morgan fingerprint density at radius 3 is 2.48 bits per heavy atom. The quantitative estimate of drug-likeness (QED) is 0.546. The third kappa shape index (κ3) is 6.40. The Bertz CT molecular complexity index is 800. The van der Waals surface area contributed by atoms with Crippen molar-refractivity contribution in [3.05, 3.63) is 41.3 Å². The number of aryl methyl sites for hydroxylation is 2. The molecular formula is C19H29N7O. The molecule has 0 atom stereocenters. The van der Waals surface area contributed by atoms with Gasteiger partial charge >= 0.3 is 0 Å². The Hall–Kier alpha value is -2.90. The Balaban J connectivity index is 1.87. The predicted octanol–water partition coefficient (Wildman–Crippen LogP) is 1.46. The smallest absolute Gasteiger partial charge is 0.239 e. The van der Waals surface area contributed by atoms with Gasteiger partial charge in [0.15, 0.2) is 11.8 Å². The van der Waals surface area contributed by atoms with Gasteiger partial charge in [-0.1, -0.05) is 6.07 Å². The van der Waals surface area contributed by atoms with Gasteiger partial charge in [-0.15, -0.1) is 0 Å². The highest BCUT2D eigenvalue weighted by Gasteiger charge is 2.13. The van der Waals surface area contributed by atoms with E-state index in [0.717, 1.165) is 22.8 Å². The maximum absolute atomic E-state index is 11.9. The van der Waals surface area contributed by atoms with Gasteiger partial charge in [0.1, 0.15) is 0 Å². The van der Waals surface area contributed by atoms with E-state index in [4.69, 9.17) is 0 Å². The van der Waals surface area contributed by atoms with Crippen LogP contribution in [0.25, 0.3) is 5.82 Å². The molecule has 0 aliphatic rings. The standard InChI is InChI=1S/C19H29N7O/c1-13-9-14(2)26(25-13)16-8-7-15(10-21-16)11-22-18(20-6)23-12-17(27)24-19(3,4)5/h7-10H,11-12H2,1-6H3,(H,24,27)(H2,20,22,23). The van der Waals surface area contributed by atoms with Crippen molar-refractivity contribution < 1.29 is 4.79 Å². The zero-order valence-electron chi connectivity index (χ0n) is 16.9. The summed E-state index contributed by atoms with van der Waals surface area (Å²) < 4.78 is 1.82. The molecule has 0 unspecified atom stereocenters. The first-order valence-electron chi connectivity index (χ1n) is 8.92. The minimum Gasteiger partial charge on any atom is -0.352 e. The summed E-state index contributed by atoms with van der Waals surface area (Å²) in [5.74, 6) is 1.26. The predicted molar refractivity (Wildman–Crippen MR) is 107 cm³/mol. The van der Waals surface area contributed by atoms with Crippen LogP contribution in [0.2, 0.25) is 0 Å². The highest BCUT2D eigenvalue weighted by molar-refractivity contribution is 5.86. The summed E-state index contributed by atoms with van der Waals surface area (Å²) >= 11 is 0. The fourth-order valence-corrected chi connectivity index (χ4v) is 2.54. The maximum atomic E-state index is 11.9. The highest BCUT2D eigenvalue weighted by Crippen LogP contribution is 2.10. The number of hydrogen-bond acceptors (Lipinski definition) is 4. The van der Waals surface area contributed by atoms with Crippen LogP contribution < -0.4 is 16.0 Å². The largest absolute Gasteiger partial charge is 0.352 e. The summed E-state index contributed by atoms with van der Waals surface area (Å²) in [6.07, 6.45) is 1.80. The van der Waals surface area contributed by atoms with Gasteiger partial charge < -0.3 is 16.0 Å². The fraction of sp³-hybridized carbons (Fsp3) is 0.474. The number of aliphatic imine (C=N–C) groups is 1. The molecule has 0 aliphatic carbocycles. The summed E-state index contributed by atoms with van der Waals surface area (Å²) in [5.41, 5.74) is 2.76. The molecule has 0 aromatic carbocycles. The Kier molecular flexibility index (Phi) is 6.55. The number of nitrogens with one attached hydrogen (secondary N) is 3. The Labute approximate surface area is 160 Å². The van der Waals surface area contributed by atoms with Crippen LogP contribution in [0.3, 0.4) is 0 Å². The molecule has 2 aromatic rings. The molecule has 0 radical (unpaired) electrons. The molecule has 27 heavy (non-hydrogen) atoms. The number of hydrogen-bond donors (Lipinski definition) is 3. The molecule has 2 heterocycles. The van der Waals surface area contributed by atoms with E-state index in [-0.39, 0.29) is 18.0 Å². The molecule has 0 fully saturated rings. The lowest BCUT2D eigenvalue weighted by atomic mass is 10.1. The van der Waals surface area contributed by atoms with Crippen molar-refractivity contribution in [3.8, 4) is 5.82 Å². The average Bonchev–Trinajstić information content (AvgIpc) is 2.92. The zero-order valence-corrected chi connectivity index (χ0v) is 16.9. The monoisotopic (exact) mass is 371 g/mol. The number of amides is 1. The van der Waals surface area contributed by atoms with Crippen LogP contribution in [0, 0.1) is 13.8 Å². The normalized spacial score (nSPS) is 12.0. The number of guanidine groups is 1. The molecule has 2 rings (SSSR count). The number of pyridine rings is 1. The molecule has 0 spiro atoms. The number of rotatable bonds is 5. The first-order chi connectivity index (χ1) is 12.7. The highest BCUT2D eigenvalue weighted by atomic mass is 16.2. The van der Waals surface area contributed by atoms with Gasteiger partial charge in [0.25, 0.3) is 0 Å². The number of carbonyl (C=O) groups excluding carboxylic acids is 1. The SMILES string of the molecule is CN=C(NCC(=O)NC(C)(C)C)NCc1ccc(-n2nc(C)cc2C)nc1.